The highest BCUT2D eigenvalue weighted by Gasteiger charge is 2.32. The molecule has 0 aromatic heterocycles. The number of carbonyl (C=O) groups is 1. The van der Waals surface area contributed by atoms with Crippen molar-refractivity contribution in [3.8, 4) is 5.75 Å². The number of amides is 1. The van der Waals surface area contributed by atoms with Crippen LogP contribution in [0.15, 0.2) is 36.4 Å². The zero-order valence-corrected chi connectivity index (χ0v) is 16.8. The molecule has 0 atom stereocenters. The van der Waals surface area contributed by atoms with Crippen LogP contribution < -0.4 is 10.1 Å². The van der Waals surface area contributed by atoms with Gasteiger partial charge in [0.2, 0.25) is 5.91 Å². The fourth-order valence-corrected chi connectivity index (χ4v) is 3.49. The largest absolute Gasteiger partial charge is 0.489 e. The van der Waals surface area contributed by atoms with Crippen molar-refractivity contribution in [3.05, 3.63) is 64.2 Å². The average molecular weight is 406 g/mol. The standard InChI is InChI=1S/C22H25F3N2O2/c1-14-15(2)20(29-13-16-5-4-6-19(9-16)22(23,24)25)8-7-17(14)10-27-11-18(12-27)21(28)26-3/h4-9,18H,10-13H2,1-3H3,(H,26,28). The van der Waals surface area contributed by atoms with Gasteiger partial charge in [-0.25, -0.2) is 0 Å². The number of likely N-dealkylation sites (tertiary alicyclic amines) is 1. The van der Waals surface area contributed by atoms with E-state index in [1.54, 1.807) is 13.1 Å². The molecule has 29 heavy (non-hydrogen) atoms. The third-order valence-electron chi connectivity index (χ3n) is 5.47. The van der Waals surface area contributed by atoms with Crippen LogP contribution >= 0.6 is 0 Å². The van der Waals surface area contributed by atoms with Gasteiger partial charge in [-0.15, -0.1) is 0 Å². The number of nitrogens with zero attached hydrogens (tertiary/aromatic N) is 1. The molecule has 156 valence electrons. The first-order valence-electron chi connectivity index (χ1n) is 9.51. The maximum Gasteiger partial charge on any atom is 0.416 e. The fraction of sp³-hybridized carbons (Fsp3) is 0.409. The fourth-order valence-electron chi connectivity index (χ4n) is 3.49. The molecule has 1 saturated heterocycles. The van der Waals surface area contributed by atoms with E-state index in [-0.39, 0.29) is 18.4 Å². The van der Waals surface area contributed by atoms with Crippen LogP contribution in [0.5, 0.6) is 5.75 Å². The predicted octanol–water partition coefficient (Wildman–Crippen LogP) is 4.08. The number of alkyl halides is 3. The lowest BCUT2D eigenvalue weighted by atomic mass is 9.96. The van der Waals surface area contributed by atoms with E-state index < -0.39 is 11.7 Å². The monoisotopic (exact) mass is 406 g/mol. The zero-order valence-electron chi connectivity index (χ0n) is 16.8. The molecule has 4 nitrogen and oxygen atoms in total. The minimum absolute atomic E-state index is 0.0523. The Hall–Kier alpha value is -2.54. The third kappa shape index (κ3) is 4.90. The molecule has 0 radical (unpaired) electrons. The topological polar surface area (TPSA) is 41.6 Å². The van der Waals surface area contributed by atoms with Gasteiger partial charge in [0.1, 0.15) is 12.4 Å². The lowest BCUT2D eigenvalue weighted by molar-refractivity contribution is -0.137. The maximum atomic E-state index is 12.9. The van der Waals surface area contributed by atoms with Crippen molar-refractivity contribution in [2.45, 2.75) is 33.2 Å². The molecule has 1 amide bonds. The summed E-state index contributed by atoms with van der Waals surface area (Å²) in [5.41, 5.74) is 3.02. The molecule has 1 aliphatic rings. The van der Waals surface area contributed by atoms with Gasteiger partial charge in [0.25, 0.3) is 0 Å². The van der Waals surface area contributed by atoms with Crippen molar-refractivity contribution in [2.24, 2.45) is 5.92 Å². The first kappa shape index (κ1) is 21.2. The Labute approximate surface area is 168 Å². The van der Waals surface area contributed by atoms with Gasteiger partial charge in [0, 0.05) is 26.7 Å². The van der Waals surface area contributed by atoms with Crippen molar-refractivity contribution >= 4 is 5.91 Å². The number of carbonyl (C=O) groups excluding carboxylic acids is 1. The first-order valence-corrected chi connectivity index (χ1v) is 9.51. The SMILES string of the molecule is CNC(=O)C1CN(Cc2ccc(OCc3cccc(C(F)(F)F)c3)c(C)c2C)C1. The van der Waals surface area contributed by atoms with Crippen LogP contribution in [0.4, 0.5) is 13.2 Å². The molecular weight excluding hydrogens is 381 g/mol. The number of ether oxygens (including phenoxy) is 1. The Balaban J connectivity index is 1.62. The number of halogens is 3. The van der Waals surface area contributed by atoms with Gasteiger partial charge in [0.05, 0.1) is 11.5 Å². The van der Waals surface area contributed by atoms with Gasteiger partial charge in [-0.3, -0.25) is 9.69 Å². The molecule has 3 rings (SSSR count). The van der Waals surface area contributed by atoms with E-state index >= 15 is 0 Å². The van der Waals surface area contributed by atoms with E-state index in [2.05, 4.69) is 10.2 Å². The molecule has 1 fully saturated rings. The summed E-state index contributed by atoms with van der Waals surface area (Å²) in [5.74, 6) is 0.791. The summed E-state index contributed by atoms with van der Waals surface area (Å²) in [7, 11) is 1.65. The van der Waals surface area contributed by atoms with E-state index in [4.69, 9.17) is 4.74 Å². The van der Waals surface area contributed by atoms with Crippen molar-refractivity contribution < 1.29 is 22.7 Å². The molecule has 2 aromatic carbocycles. The van der Waals surface area contributed by atoms with Crippen molar-refractivity contribution in [1.29, 1.82) is 0 Å². The number of hydrogen-bond donors (Lipinski definition) is 1. The Bertz CT molecular complexity index is 890. The molecule has 7 heteroatoms. The Morgan fingerprint density at radius 3 is 2.55 bits per heavy atom. The highest BCUT2D eigenvalue weighted by molar-refractivity contribution is 5.79. The number of nitrogens with one attached hydrogen (secondary N) is 1. The average Bonchev–Trinajstić information content (AvgIpc) is 2.65. The maximum absolute atomic E-state index is 12.9. The van der Waals surface area contributed by atoms with E-state index in [0.717, 1.165) is 48.5 Å². The van der Waals surface area contributed by atoms with Crippen molar-refractivity contribution in [2.75, 3.05) is 20.1 Å². The summed E-state index contributed by atoms with van der Waals surface area (Å²) < 4.78 is 44.4. The Kier molecular flexibility index (Phi) is 6.17. The third-order valence-corrected chi connectivity index (χ3v) is 5.47. The van der Waals surface area contributed by atoms with Crippen LogP contribution in [0.25, 0.3) is 0 Å². The van der Waals surface area contributed by atoms with Crippen molar-refractivity contribution in [1.82, 2.24) is 10.2 Å². The summed E-state index contributed by atoms with van der Waals surface area (Å²) >= 11 is 0. The van der Waals surface area contributed by atoms with E-state index in [9.17, 15) is 18.0 Å². The lowest BCUT2D eigenvalue weighted by Crippen LogP contribution is -2.52. The molecule has 0 bridgehead atoms. The summed E-state index contributed by atoms with van der Waals surface area (Å²) in [5, 5.41) is 2.67. The molecule has 0 saturated carbocycles. The predicted molar refractivity (Wildman–Crippen MR) is 105 cm³/mol. The van der Waals surface area contributed by atoms with E-state index in [1.165, 1.54) is 6.07 Å². The van der Waals surface area contributed by atoms with Crippen LogP contribution in [-0.4, -0.2) is 30.9 Å². The second-order valence-corrected chi connectivity index (χ2v) is 7.46. The molecular formula is C22H25F3N2O2. The quantitative estimate of drug-likeness (QED) is 0.786. The minimum atomic E-state index is -4.36. The van der Waals surface area contributed by atoms with Crippen LogP contribution in [0.1, 0.15) is 27.8 Å². The smallest absolute Gasteiger partial charge is 0.416 e. The molecule has 0 spiro atoms. The molecule has 1 N–H and O–H groups in total. The summed E-state index contributed by atoms with van der Waals surface area (Å²) in [6, 6.07) is 9.03. The van der Waals surface area contributed by atoms with E-state index in [0.29, 0.717) is 11.3 Å². The van der Waals surface area contributed by atoms with Gasteiger partial charge in [-0.05, 0) is 54.3 Å². The normalized spacial score (nSPS) is 15.1. The van der Waals surface area contributed by atoms with E-state index in [1.807, 2.05) is 26.0 Å². The second kappa shape index (κ2) is 8.45. The molecule has 2 aromatic rings. The number of rotatable bonds is 6. The van der Waals surface area contributed by atoms with Gasteiger partial charge in [0.15, 0.2) is 0 Å². The summed E-state index contributed by atoms with van der Waals surface area (Å²) in [4.78, 5) is 13.8. The molecule has 0 unspecified atom stereocenters. The Morgan fingerprint density at radius 2 is 1.90 bits per heavy atom. The van der Waals surface area contributed by atoms with Crippen molar-refractivity contribution in [3.63, 3.8) is 0 Å². The van der Waals surface area contributed by atoms with Gasteiger partial charge in [-0.2, -0.15) is 13.2 Å². The second-order valence-electron chi connectivity index (χ2n) is 7.46. The lowest BCUT2D eigenvalue weighted by Gasteiger charge is -2.38. The zero-order chi connectivity index (χ0) is 21.2. The molecule has 1 aliphatic heterocycles. The van der Waals surface area contributed by atoms with Gasteiger partial charge in [-0.1, -0.05) is 18.2 Å². The molecule has 1 heterocycles. The van der Waals surface area contributed by atoms with Crippen LogP contribution in [0, 0.1) is 19.8 Å². The van der Waals surface area contributed by atoms with Crippen LogP contribution in [0.3, 0.4) is 0 Å². The summed E-state index contributed by atoms with van der Waals surface area (Å²) in [6.07, 6.45) is -4.36. The Morgan fingerprint density at radius 1 is 1.17 bits per heavy atom. The summed E-state index contributed by atoms with van der Waals surface area (Å²) in [6.45, 7) is 6.27. The van der Waals surface area contributed by atoms with Gasteiger partial charge < -0.3 is 10.1 Å². The highest BCUT2D eigenvalue weighted by Crippen LogP contribution is 2.31. The first-order chi connectivity index (χ1) is 13.7. The highest BCUT2D eigenvalue weighted by atomic mass is 19.4. The molecule has 0 aliphatic carbocycles. The van der Waals surface area contributed by atoms with Gasteiger partial charge >= 0.3 is 6.18 Å². The van der Waals surface area contributed by atoms with Crippen LogP contribution in [0.2, 0.25) is 0 Å². The van der Waals surface area contributed by atoms with Crippen LogP contribution in [-0.2, 0) is 24.1 Å². The number of hydrogen-bond acceptors (Lipinski definition) is 3. The minimum Gasteiger partial charge on any atom is -0.489 e. The number of benzene rings is 2.